The van der Waals surface area contributed by atoms with Crippen molar-refractivity contribution in [2.75, 3.05) is 19.7 Å². The van der Waals surface area contributed by atoms with Gasteiger partial charge in [-0.15, -0.1) is 0 Å². The van der Waals surface area contributed by atoms with E-state index in [-0.39, 0.29) is 12.7 Å². The van der Waals surface area contributed by atoms with E-state index in [0.29, 0.717) is 13.1 Å². The minimum absolute atomic E-state index is 0.00676. The Bertz CT molecular complexity index is 165. The van der Waals surface area contributed by atoms with Crippen LogP contribution in [0.2, 0.25) is 0 Å². The molecule has 0 radical (unpaired) electrons. The van der Waals surface area contributed by atoms with Gasteiger partial charge in [-0.3, -0.25) is 9.59 Å². The third-order valence-electron chi connectivity index (χ3n) is 1.49. The Kier molecular flexibility index (Phi) is 2.43. The lowest BCUT2D eigenvalue weighted by Gasteiger charge is -2.35. The van der Waals surface area contributed by atoms with Gasteiger partial charge >= 0.3 is 0 Å². The summed E-state index contributed by atoms with van der Waals surface area (Å²) in [4.78, 5) is 21.8. The van der Waals surface area contributed by atoms with Gasteiger partial charge in [0.2, 0.25) is 12.3 Å². The zero-order valence-corrected chi connectivity index (χ0v) is 6.03. The molecule has 1 rings (SSSR count). The summed E-state index contributed by atoms with van der Waals surface area (Å²) >= 11 is 0. The quantitative estimate of drug-likeness (QED) is 0.497. The van der Waals surface area contributed by atoms with Crippen molar-refractivity contribution in [3.8, 4) is 0 Å². The zero-order chi connectivity index (χ0) is 8.27. The molecule has 0 atom stereocenters. The van der Waals surface area contributed by atoms with Gasteiger partial charge in [0, 0.05) is 13.1 Å². The summed E-state index contributed by atoms with van der Waals surface area (Å²) in [7, 11) is 0. The molecule has 0 bridgehead atoms. The van der Waals surface area contributed by atoms with Gasteiger partial charge in [0.05, 0.1) is 6.10 Å². The van der Waals surface area contributed by atoms with Crippen molar-refractivity contribution in [3.05, 3.63) is 0 Å². The smallest absolute Gasteiger partial charge is 0.243 e. The number of nitrogens with zero attached hydrogens (tertiary/aromatic N) is 1. The molecule has 0 aromatic heterocycles. The minimum Gasteiger partial charge on any atom is -0.368 e. The van der Waals surface area contributed by atoms with Crippen molar-refractivity contribution in [2.45, 2.75) is 6.10 Å². The maximum Gasteiger partial charge on any atom is 0.243 e. The van der Waals surface area contributed by atoms with E-state index in [2.05, 4.69) is 0 Å². The number of amides is 2. The van der Waals surface area contributed by atoms with Gasteiger partial charge in [-0.25, -0.2) is 0 Å². The molecule has 0 aliphatic carbocycles. The molecule has 5 heteroatoms. The summed E-state index contributed by atoms with van der Waals surface area (Å²) in [5, 5.41) is 0. The molecule has 0 saturated carbocycles. The summed E-state index contributed by atoms with van der Waals surface area (Å²) in [5.41, 5.74) is 4.84. The predicted octanol–water partition coefficient (Wildman–Crippen LogP) is -1.67. The van der Waals surface area contributed by atoms with Crippen LogP contribution in [0.4, 0.5) is 0 Å². The number of carbonyl (C=O) groups excluding carboxylic acids is 2. The highest BCUT2D eigenvalue weighted by Crippen LogP contribution is 2.07. The molecule has 62 valence electrons. The van der Waals surface area contributed by atoms with Crippen LogP contribution in [-0.4, -0.2) is 43.0 Å². The van der Waals surface area contributed by atoms with Crippen molar-refractivity contribution in [2.24, 2.45) is 5.73 Å². The van der Waals surface area contributed by atoms with E-state index in [9.17, 15) is 9.59 Å². The van der Waals surface area contributed by atoms with Crippen LogP contribution in [-0.2, 0) is 14.3 Å². The Labute approximate surface area is 64.1 Å². The van der Waals surface area contributed by atoms with Gasteiger partial charge < -0.3 is 15.4 Å². The Morgan fingerprint density at radius 2 is 2.36 bits per heavy atom. The largest absolute Gasteiger partial charge is 0.368 e. The van der Waals surface area contributed by atoms with Crippen LogP contribution in [0.15, 0.2) is 0 Å². The number of hydrogen-bond acceptors (Lipinski definition) is 3. The number of carbonyl (C=O) groups is 2. The third-order valence-corrected chi connectivity index (χ3v) is 1.49. The lowest BCUT2D eigenvalue weighted by molar-refractivity contribution is -0.136. The van der Waals surface area contributed by atoms with Crippen LogP contribution in [0.25, 0.3) is 0 Å². The van der Waals surface area contributed by atoms with E-state index in [4.69, 9.17) is 10.5 Å². The van der Waals surface area contributed by atoms with Crippen LogP contribution in [0.1, 0.15) is 0 Å². The molecule has 1 fully saturated rings. The molecular formula is C6H10N2O3. The lowest BCUT2D eigenvalue weighted by atomic mass is 10.2. The molecule has 1 aliphatic rings. The molecule has 1 aliphatic heterocycles. The van der Waals surface area contributed by atoms with Crippen LogP contribution >= 0.6 is 0 Å². The first-order valence-electron chi connectivity index (χ1n) is 3.31. The summed E-state index contributed by atoms with van der Waals surface area (Å²) in [6.45, 7) is 1.07. The highest BCUT2D eigenvalue weighted by molar-refractivity contribution is 5.75. The maximum atomic E-state index is 10.2. The van der Waals surface area contributed by atoms with Gasteiger partial charge in [-0.05, 0) is 0 Å². The van der Waals surface area contributed by atoms with Gasteiger partial charge in [-0.2, -0.15) is 0 Å². The Balaban J connectivity index is 2.04. The highest BCUT2D eigenvalue weighted by atomic mass is 16.5. The molecule has 2 N–H and O–H groups in total. The predicted molar refractivity (Wildman–Crippen MR) is 36.6 cm³/mol. The van der Waals surface area contributed by atoms with Gasteiger partial charge in [-0.1, -0.05) is 0 Å². The molecule has 5 nitrogen and oxygen atoms in total. The zero-order valence-electron chi connectivity index (χ0n) is 6.03. The van der Waals surface area contributed by atoms with Crippen molar-refractivity contribution in [1.82, 2.24) is 4.90 Å². The van der Waals surface area contributed by atoms with E-state index >= 15 is 0 Å². The van der Waals surface area contributed by atoms with Crippen LogP contribution in [0.5, 0.6) is 0 Å². The Morgan fingerprint density at radius 1 is 1.73 bits per heavy atom. The Morgan fingerprint density at radius 3 is 2.82 bits per heavy atom. The molecular weight excluding hydrogens is 148 g/mol. The summed E-state index contributed by atoms with van der Waals surface area (Å²) < 4.78 is 5.00. The monoisotopic (exact) mass is 158 g/mol. The van der Waals surface area contributed by atoms with E-state index in [1.54, 1.807) is 4.90 Å². The molecule has 11 heavy (non-hydrogen) atoms. The molecule has 0 unspecified atom stereocenters. The van der Waals surface area contributed by atoms with Crippen LogP contribution < -0.4 is 5.73 Å². The summed E-state index contributed by atoms with van der Waals surface area (Å²) in [5.74, 6) is -0.477. The maximum absolute atomic E-state index is 10.2. The van der Waals surface area contributed by atoms with Crippen molar-refractivity contribution in [3.63, 3.8) is 0 Å². The first kappa shape index (κ1) is 8.00. The van der Waals surface area contributed by atoms with E-state index in [0.717, 1.165) is 6.41 Å². The number of ether oxygens (including phenoxy) is 1. The van der Waals surface area contributed by atoms with E-state index in [1.165, 1.54) is 0 Å². The fourth-order valence-corrected chi connectivity index (χ4v) is 0.861. The van der Waals surface area contributed by atoms with Crippen LogP contribution in [0, 0.1) is 0 Å². The number of nitrogens with two attached hydrogens (primary N) is 1. The minimum atomic E-state index is -0.477. The van der Waals surface area contributed by atoms with Gasteiger partial charge in [0.1, 0.15) is 6.61 Å². The molecule has 1 heterocycles. The average molecular weight is 158 g/mol. The first-order valence-corrected chi connectivity index (χ1v) is 3.31. The second kappa shape index (κ2) is 3.34. The van der Waals surface area contributed by atoms with E-state index < -0.39 is 5.91 Å². The normalized spacial score (nSPS) is 17.6. The fourth-order valence-electron chi connectivity index (χ4n) is 0.861. The van der Waals surface area contributed by atoms with Gasteiger partial charge in [0.15, 0.2) is 0 Å². The molecule has 0 aromatic carbocycles. The second-order valence-corrected chi connectivity index (χ2v) is 2.46. The number of hydrogen-bond donors (Lipinski definition) is 1. The molecule has 1 saturated heterocycles. The third kappa shape index (κ3) is 2.19. The molecule has 0 aromatic rings. The molecule has 2 amide bonds. The van der Waals surface area contributed by atoms with Crippen molar-refractivity contribution < 1.29 is 14.3 Å². The number of rotatable bonds is 4. The van der Waals surface area contributed by atoms with Gasteiger partial charge in [0.25, 0.3) is 0 Å². The van der Waals surface area contributed by atoms with Crippen molar-refractivity contribution >= 4 is 12.3 Å². The Hall–Kier alpha value is -1.10. The standard InChI is InChI=1S/C6H10N2O3/c7-6(10)3-11-5-1-8(2-5)4-9/h4-5H,1-3H2,(H2,7,10). The lowest BCUT2D eigenvalue weighted by Crippen LogP contribution is -2.51. The highest BCUT2D eigenvalue weighted by Gasteiger charge is 2.25. The SMILES string of the molecule is NC(=O)COC1CN(C=O)C1. The second-order valence-electron chi connectivity index (χ2n) is 2.46. The van der Waals surface area contributed by atoms with Crippen LogP contribution in [0.3, 0.4) is 0 Å². The topological polar surface area (TPSA) is 72.6 Å². The summed E-state index contributed by atoms with van der Waals surface area (Å²) in [6.07, 6.45) is 0.747. The summed E-state index contributed by atoms with van der Waals surface area (Å²) in [6, 6.07) is 0. The number of likely N-dealkylation sites (tertiary alicyclic amines) is 1. The average Bonchev–Trinajstić information content (AvgIpc) is 1.84. The number of primary amides is 1. The molecule has 0 spiro atoms. The fraction of sp³-hybridized carbons (Fsp3) is 0.667. The first-order chi connectivity index (χ1) is 5.22. The van der Waals surface area contributed by atoms with Crippen molar-refractivity contribution in [1.29, 1.82) is 0 Å². The van der Waals surface area contributed by atoms with E-state index in [1.807, 2.05) is 0 Å².